The highest BCUT2D eigenvalue weighted by atomic mass is 16.2. The highest BCUT2D eigenvalue weighted by molar-refractivity contribution is 5.83. The Morgan fingerprint density at radius 1 is 0.960 bits per heavy atom. The maximum Gasteiger partial charge on any atom is 0.226 e. The molecule has 2 saturated heterocycles. The Labute approximate surface area is 151 Å². The summed E-state index contributed by atoms with van der Waals surface area (Å²) < 4.78 is 0. The van der Waals surface area contributed by atoms with Crippen molar-refractivity contribution in [3.05, 3.63) is 0 Å². The molecule has 1 atom stereocenters. The molecule has 5 nitrogen and oxygen atoms in total. The topological polar surface area (TPSA) is 61.4 Å². The molecule has 0 aromatic rings. The van der Waals surface area contributed by atoms with Crippen LogP contribution in [0, 0.1) is 17.3 Å². The van der Waals surface area contributed by atoms with E-state index in [2.05, 4.69) is 15.5 Å². The van der Waals surface area contributed by atoms with E-state index < -0.39 is 0 Å². The van der Waals surface area contributed by atoms with E-state index in [1.807, 2.05) is 0 Å². The number of carbonyl (C=O) groups excluding carboxylic acids is 2. The standard InChI is InChI=1S/C20H33N3O2/c24-18(15-4-2-1-3-5-15)22-16-6-12-23(13-7-16)19(25)17-14-20(17)8-10-21-11-9-20/h15-17,21H,1-14H2,(H,22,24). The number of nitrogens with one attached hydrogen (secondary N) is 2. The Hall–Kier alpha value is -1.10. The van der Waals surface area contributed by atoms with Crippen LogP contribution >= 0.6 is 0 Å². The van der Waals surface area contributed by atoms with Gasteiger partial charge in [0.1, 0.15) is 0 Å². The number of carbonyl (C=O) groups is 2. The number of rotatable bonds is 3. The van der Waals surface area contributed by atoms with E-state index in [1.54, 1.807) is 0 Å². The van der Waals surface area contributed by atoms with E-state index in [0.717, 1.165) is 71.1 Å². The van der Waals surface area contributed by atoms with Crippen molar-refractivity contribution in [2.45, 2.75) is 70.3 Å². The highest BCUT2D eigenvalue weighted by Crippen LogP contribution is 2.59. The Kier molecular flexibility index (Phi) is 5.03. The molecule has 2 N–H and O–H groups in total. The van der Waals surface area contributed by atoms with Crippen molar-refractivity contribution >= 4 is 11.8 Å². The summed E-state index contributed by atoms with van der Waals surface area (Å²) in [6.45, 7) is 3.77. The molecule has 2 heterocycles. The molecule has 0 aromatic carbocycles. The molecule has 2 amide bonds. The van der Waals surface area contributed by atoms with Gasteiger partial charge in [0.05, 0.1) is 0 Å². The largest absolute Gasteiger partial charge is 0.353 e. The van der Waals surface area contributed by atoms with Gasteiger partial charge in [-0.3, -0.25) is 9.59 Å². The van der Waals surface area contributed by atoms with Gasteiger partial charge in [0.15, 0.2) is 0 Å². The third-order valence-electron chi connectivity index (χ3n) is 7.22. The predicted octanol–water partition coefficient (Wildman–Crippen LogP) is 2.06. The molecule has 2 saturated carbocycles. The summed E-state index contributed by atoms with van der Waals surface area (Å²) in [5, 5.41) is 6.67. The van der Waals surface area contributed by atoms with Crippen molar-refractivity contribution in [2.75, 3.05) is 26.2 Å². The van der Waals surface area contributed by atoms with Gasteiger partial charge in [0.2, 0.25) is 11.8 Å². The SMILES string of the molecule is O=C(NC1CCN(C(=O)C2CC23CCNCC3)CC1)C1CCCCC1. The molecule has 0 radical (unpaired) electrons. The molecule has 1 unspecified atom stereocenters. The number of nitrogens with zero attached hydrogens (tertiary/aromatic N) is 1. The maximum atomic E-state index is 12.8. The van der Waals surface area contributed by atoms with E-state index in [4.69, 9.17) is 0 Å². The zero-order chi connectivity index (χ0) is 17.3. The van der Waals surface area contributed by atoms with Gasteiger partial charge in [-0.05, 0) is 63.5 Å². The van der Waals surface area contributed by atoms with Crippen LogP contribution in [0.2, 0.25) is 0 Å². The first-order chi connectivity index (χ1) is 12.2. The Bertz CT molecular complexity index is 501. The third-order valence-corrected chi connectivity index (χ3v) is 7.22. The second kappa shape index (κ2) is 7.26. The minimum absolute atomic E-state index is 0.236. The molecule has 140 valence electrons. The molecule has 0 bridgehead atoms. The molecule has 4 fully saturated rings. The zero-order valence-corrected chi connectivity index (χ0v) is 15.4. The molecule has 2 aliphatic carbocycles. The van der Waals surface area contributed by atoms with Crippen molar-refractivity contribution in [1.29, 1.82) is 0 Å². The van der Waals surface area contributed by atoms with E-state index in [0.29, 0.717) is 11.3 Å². The first-order valence-corrected chi connectivity index (χ1v) is 10.5. The van der Waals surface area contributed by atoms with Crippen LogP contribution < -0.4 is 10.6 Å². The van der Waals surface area contributed by atoms with Gasteiger partial charge in [0.25, 0.3) is 0 Å². The van der Waals surface area contributed by atoms with Gasteiger partial charge in [-0.15, -0.1) is 0 Å². The van der Waals surface area contributed by atoms with Crippen molar-refractivity contribution in [1.82, 2.24) is 15.5 Å². The average molecular weight is 348 g/mol. The van der Waals surface area contributed by atoms with Crippen LogP contribution in [-0.4, -0.2) is 48.9 Å². The number of piperidine rings is 2. The summed E-state index contributed by atoms with van der Waals surface area (Å²) in [6, 6.07) is 0.269. The van der Waals surface area contributed by atoms with E-state index >= 15 is 0 Å². The lowest BCUT2D eigenvalue weighted by Crippen LogP contribution is -2.48. The minimum atomic E-state index is 0.236. The molecule has 4 rings (SSSR count). The molecular formula is C20H33N3O2. The first kappa shape index (κ1) is 17.3. The summed E-state index contributed by atoms with van der Waals surface area (Å²) >= 11 is 0. The summed E-state index contributed by atoms with van der Waals surface area (Å²) in [7, 11) is 0. The lowest BCUT2D eigenvalue weighted by molar-refractivity contribution is -0.135. The fourth-order valence-electron chi connectivity index (χ4n) is 5.32. The smallest absolute Gasteiger partial charge is 0.226 e. The van der Waals surface area contributed by atoms with Crippen LogP contribution in [0.5, 0.6) is 0 Å². The summed E-state index contributed by atoms with van der Waals surface area (Å²) in [4.78, 5) is 27.3. The van der Waals surface area contributed by atoms with Crippen LogP contribution in [-0.2, 0) is 9.59 Å². The third kappa shape index (κ3) is 3.71. The van der Waals surface area contributed by atoms with Gasteiger partial charge in [-0.1, -0.05) is 19.3 Å². The molecule has 4 aliphatic rings. The van der Waals surface area contributed by atoms with Crippen LogP contribution in [0.3, 0.4) is 0 Å². The van der Waals surface area contributed by atoms with Gasteiger partial charge in [-0.2, -0.15) is 0 Å². The Balaban J connectivity index is 1.22. The van der Waals surface area contributed by atoms with E-state index in [-0.39, 0.29) is 23.8 Å². The van der Waals surface area contributed by atoms with Crippen LogP contribution in [0.4, 0.5) is 0 Å². The molecule has 0 aromatic heterocycles. The number of likely N-dealkylation sites (tertiary alicyclic amines) is 1. The fraction of sp³-hybridized carbons (Fsp3) is 0.900. The fourth-order valence-corrected chi connectivity index (χ4v) is 5.32. The van der Waals surface area contributed by atoms with Crippen molar-refractivity contribution in [3.8, 4) is 0 Å². The van der Waals surface area contributed by atoms with Crippen LogP contribution in [0.25, 0.3) is 0 Å². The number of amides is 2. The van der Waals surface area contributed by atoms with E-state index in [9.17, 15) is 9.59 Å². The predicted molar refractivity (Wildman–Crippen MR) is 97.0 cm³/mol. The second-order valence-corrected chi connectivity index (χ2v) is 8.81. The molecular weight excluding hydrogens is 314 g/mol. The van der Waals surface area contributed by atoms with Crippen molar-refractivity contribution < 1.29 is 9.59 Å². The lowest BCUT2D eigenvalue weighted by atomic mass is 9.88. The van der Waals surface area contributed by atoms with Crippen LogP contribution in [0.15, 0.2) is 0 Å². The van der Waals surface area contributed by atoms with E-state index in [1.165, 1.54) is 19.3 Å². The molecule has 25 heavy (non-hydrogen) atoms. The van der Waals surface area contributed by atoms with Gasteiger partial charge >= 0.3 is 0 Å². The second-order valence-electron chi connectivity index (χ2n) is 8.81. The van der Waals surface area contributed by atoms with Gasteiger partial charge in [-0.25, -0.2) is 0 Å². The average Bonchev–Trinajstić information content (AvgIpc) is 3.35. The Morgan fingerprint density at radius 3 is 2.32 bits per heavy atom. The van der Waals surface area contributed by atoms with Crippen LogP contribution in [0.1, 0.15) is 64.2 Å². The minimum Gasteiger partial charge on any atom is -0.353 e. The lowest BCUT2D eigenvalue weighted by Gasteiger charge is -2.34. The molecule has 1 spiro atoms. The zero-order valence-electron chi connectivity index (χ0n) is 15.4. The molecule has 2 aliphatic heterocycles. The Morgan fingerprint density at radius 2 is 1.64 bits per heavy atom. The van der Waals surface area contributed by atoms with Crippen molar-refractivity contribution in [2.24, 2.45) is 17.3 Å². The number of hydrogen-bond donors (Lipinski definition) is 2. The normalized spacial score (nSPS) is 30.2. The number of hydrogen-bond acceptors (Lipinski definition) is 3. The monoisotopic (exact) mass is 347 g/mol. The van der Waals surface area contributed by atoms with Gasteiger partial charge in [0, 0.05) is 31.0 Å². The maximum absolute atomic E-state index is 12.8. The first-order valence-electron chi connectivity index (χ1n) is 10.5. The summed E-state index contributed by atoms with van der Waals surface area (Å²) in [5.41, 5.74) is 0.328. The summed E-state index contributed by atoms with van der Waals surface area (Å²) in [6.07, 6.45) is 11.1. The molecule has 5 heteroatoms. The van der Waals surface area contributed by atoms with Crippen molar-refractivity contribution in [3.63, 3.8) is 0 Å². The highest BCUT2D eigenvalue weighted by Gasteiger charge is 2.58. The van der Waals surface area contributed by atoms with Gasteiger partial charge < -0.3 is 15.5 Å². The summed E-state index contributed by atoms with van der Waals surface area (Å²) in [5.74, 6) is 1.17. The quantitative estimate of drug-likeness (QED) is 0.821.